The second-order valence-electron chi connectivity index (χ2n) is 5.16. The van der Waals surface area contributed by atoms with Crippen molar-refractivity contribution in [1.82, 2.24) is 15.2 Å². The molecule has 0 radical (unpaired) electrons. The van der Waals surface area contributed by atoms with Gasteiger partial charge in [-0.15, -0.1) is 0 Å². The standard InChI is InChI=1S/C13H19N3O/c1-13(2)10-16(8-7-15-13)12(17)9-11-3-5-14-6-4-11/h3-6,15H,7-10H2,1-2H3. The van der Waals surface area contributed by atoms with E-state index in [0.29, 0.717) is 6.42 Å². The third kappa shape index (κ3) is 3.27. The number of hydrogen-bond acceptors (Lipinski definition) is 3. The van der Waals surface area contributed by atoms with Crippen LogP contribution < -0.4 is 5.32 Å². The van der Waals surface area contributed by atoms with Crippen molar-refractivity contribution in [3.05, 3.63) is 30.1 Å². The average molecular weight is 233 g/mol. The van der Waals surface area contributed by atoms with Crippen LogP contribution >= 0.6 is 0 Å². The number of nitrogens with zero attached hydrogens (tertiary/aromatic N) is 2. The van der Waals surface area contributed by atoms with Gasteiger partial charge in [-0.3, -0.25) is 9.78 Å². The number of carbonyl (C=O) groups is 1. The van der Waals surface area contributed by atoms with Gasteiger partial charge in [0, 0.05) is 37.6 Å². The van der Waals surface area contributed by atoms with Crippen LogP contribution in [0.3, 0.4) is 0 Å². The van der Waals surface area contributed by atoms with Gasteiger partial charge in [0.15, 0.2) is 0 Å². The molecule has 0 atom stereocenters. The van der Waals surface area contributed by atoms with Gasteiger partial charge in [-0.1, -0.05) is 0 Å². The molecule has 17 heavy (non-hydrogen) atoms. The zero-order chi connectivity index (χ0) is 12.3. The largest absolute Gasteiger partial charge is 0.339 e. The summed E-state index contributed by atoms with van der Waals surface area (Å²) in [5, 5.41) is 3.40. The highest BCUT2D eigenvalue weighted by Crippen LogP contribution is 2.11. The van der Waals surface area contributed by atoms with Gasteiger partial charge in [0.25, 0.3) is 0 Å². The van der Waals surface area contributed by atoms with Gasteiger partial charge in [-0.2, -0.15) is 0 Å². The highest BCUT2D eigenvalue weighted by Gasteiger charge is 2.28. The molecule has 4 nitrogen and oxygen atoms in total. The third-order valence-corrected chi connectivity index (χ3v) is 3.03. The number of piperazine rings is 1. The molecule has 1 aromatic rings. The molecule has 4 heteroatoms. The molecule has 92 valence electrons. The van der Waals surface area contributed by atoms with E-state index in [1.807, 2.05) is 17.0 Å². The highest BCUT2D eigenvalue weighted by molar-refractivity contribution is 5.79. The quantitative estimate of drug-likeness (QED) is 0.823. The van der Waals surface area contributed by atoms with E-state index in [1.165, 1.54) is 0 Å². The van der Waals surface area contributed by atoms with Crippen molar-refractivity contribution in [3.63, 3.8) is 0 Å². The van der Waals surface area contributed by atoms with Crippen molar-refractivity contribution in [1.29, 1.82) is 0 Å². The Morgan fingerprint density at radius 1 is 1.47 bits per heavy atom. The molecular weight excluding hydrogens is 214 g/mol. The third-order valence-electron chi connectivity index (χ3n) is 3.03. The van der Waals surface area contributed by atoms with Crippen LogP contribution in [0, 0.1) is 0 Å². The Hall–Kier alpha value is -1.42. The summed E-state index contributed by atoms with van der Waals surface area (Å²) in [7, 11) is 0. The normalized spacial score (nSPS) is 19.1. The highest BCUT2D eigenvalue weighted by atomic mass is 16.2. The summed E-state index contributed by atoms with van der Waals surface area (Å²) in [5.74, 6) is 0.200. The van der Waals surface area contributed by atoms with Crippen molar-refractivity contribution in [2.24, 2.45) is 0 Å². The Balaban J connectivity index is 1.96. The smallest absolute Gasteiger partial charge is 0.227 e. The number of nitrogens with one attached hydrogen (secondary N) is 1. The first-order valence-corrected chi connectivity index (χ1v) is 5.98. The second-order valence-corrected chi connectivity index (χ2v) is 5.16. The van der Waals surface area contributed by atoms with E-state index in [9.17, 15) is 4.79 Å². The van der Waals surface area contributed by atoms with E-state index in [1.54, 1.807) is 12.4 Å². The topological polar surface area (TPSA) is 45.2 Å². The van der Waals surface area contributed by atoms with Crippen LogP contribution in [0.2, 0.25) is 0 Å². The monoisotopic (exact) mass is 233 g/mol. The van der Waals surface area contributed by atoms with Gasteiger partial charge in [0.2, 0.25) is 5.91 Å². The summed E-state index contributed by atoms with van der Waals surface area (Å²) < 4.78 is 0. The van der Waals surface area contributed by atoms with Crippen LogP contribution in [0.25, 0.3) is 0 Å². The van der Waals surface area contributed by atoms with E-state index in [4.69, 9.17) is 0 Å². The molecule has 1 aromatic heterocycles. The molecule has 0 aromatic carbocycles. The van der Waals surface area contributed by atoms with Crippen LogP contribution in [-0.2, 0) is 11.2 Å². The fourth-order valence-corrected chi connectivity index (χ4v) is 2.14. The van der Waals surface area contributed by atoms with Crippen LogP contribution in [0.15, 0.2) is 24.5 Å². The Kier molecular flexibility index (Phi) is 3.43. The molecule has 1 fully saturated rings. The molecule has 1 aliphatic rings. The number of rotatable bonds is 2. The van der Waals surface area contributed by atoms with Crippen molar-refractivity contribution >= 4 is 5.91 Å². The average Bonchev–Trinajstić information content (AvgIpc) is 2.29. The molecule has 0 saturated carbocycles. The molecule has 0 spiro atoms. The summed E-state index contributed by atoms with van der Waals surface area (Å²) in [6.45, 7) is 6.69. The van der Waals surface area contributed by atoms with Crippen LogP contribution in [0.5, 0.6) is 0 Å². The molecule has 2 rings (SSSR count). The lowest BCUT2D eigenvalue weighted by molar-refractivity contribution is -0.132. The summed E-state index contributed by atoms with van der Waals surface area (Å²) in [6, 6.07) is 3.79. The van der Waals surface area contributed by atoms with Crippen molar-refractivity contribution in [2.75, 3.05) is 19.6 Å². The van der Waals surface area contributed by atoms with E-state index >= 15 is 0 Å². The van der Waals surface area contributed by atoms with Crippen LogP contribution in [0.1, 0.15) is 19.4 Å². The molecule has 0 unspecified atom stereocenters. The van der Waals surface area contributed by atoms with Gasteiger partial charge in [0.05, 0.1) is 6.42 Å². The molecule has 0 aliphatic carbocycles. The Labute approximate surface area is 102 Å². The minimum atomic E-state index is 0.0200. The molecule has 0 bridgehead atoms. The van der Waals surface area contributed by atoms with Gasteiger partial charge in [-0.05, 0) is 31.5 Å². The number of aromatic nitrogens is 1. The Morgan fingerprint density at radius 2 is 2.18 bits per heavy atom. The minimum absolute atomic E-state index is 0.0200. The van der Waals surface area contributed by atoms with Crippen LogP contribution in [0.4, 0.5) is 0 Å². The van der Waals surface area contributed by atoms with Gasteiger partial charge >= 0.3 is 0 Å². The first-order chi connectivity index (χ1) is 8.07. The fourth-order valence-electron chi connectivity index (χ4n) is 2.14. The summed E-state index contributed by atoms with van der Waals surface area (Å²) in [6.07, 6.45) is 3.92. The zero-order valence-corrected chi connectivity index (χ0v) is 10.4. The van der Waals surface area contributed by atoms with E-state index < -0.39 is 0 Å². The molecular formula is C13H19N3O. The van der Waals surface area contributed by atoms with Crippen molar-refractivity contribution < 1.29 is 4.79 Å². The number of hydrogen-bond donors (Lipinski definition) is 1. The van der Waals surface area contributed by atoms with Crippen molar-refractivity contribution in [2.45, 2.75) is 25.8 Å². The molecule has 1 N–H and O–H groups in total. The minimum Gasteiger partial charge on any atom is -0.339 e. The maximum absolute atomic E-state index is 12.1. The fraction of sp³-hybridized carbons (Fsp3) is 0.538. The first kappa shape index (κ1) is 12.0. The lowest BCUT2D eigenvalue weighted by Gasteiger charge is -2.39. The zero-order valence-electron chi connectivity index (χ0n) is 10.4. The SMILES string of the molecule is CC1(C)CN(C(=O)Cc2ccncc2)CCN1. The molecule has 1 saturated heterocycles. The Morgan fingerprint density at radius 3 is 2.82 bits per heavy atom. The number of pyridine rings is 1. The molecule has 1 amide bonds. The first-order valence-electron chi connectivity index (χ1n) is 5.98. The maximum atomic E-state index is 12.1. The molecule has 2 heterocycles. The Bertz CT molecular complexity index is 389. The predicted octanol–water partition coefficient (Wildman–Crippen LogP) is 0.835. The van der Waals surface area contributed by atoms with Gasteiger partial charge in [-0.25, -0.2) is 0 Å². The lowest BCUT2D eigenvalue weighted by Crippen LogP contribution is -2.58. The number of amides is 1. The molecule has 1 aliphatic heterocycles. The van der Waals surface area contributed by atoms with Gasteiger partial charge in [0.1, 0.15) is 0 Å². The number of carbonyl (C=O) groups excluding carboxylic acids is 1. The summed E-state index contributed by atoms with van der Waals surface area (Å²) >= 11 is 0. The van der Waals surface area contributed by atoms with Crippen LogP contribution in [-0.4, -0.2) is 41.0 Å². The van der Waals surface area contributed by atoms with Crippen molar-refractivity contribution in [3.8, 4) is 0 Å². The predicted molar refractivity (Wildman–Crippen MR) is 66.6 cm³/mol. The maximum Gasteiger partial charge on any atom is 0.227 e. The van der Waals surface area contributed by atoms with E-state index in [2.05, 4.69) is 24.1 Å². The summed E-state index contributed by atoms with van der Waals surface area (Å²) in [4.78, 5) is 18.0. The van der Waals surface area contributed by atoms with E-state index in [0.717, 1.165) is 25.2 Å². The second kappa shape index (κ2) is 4.84. The van der Waals surface area contributed by atoms with Gasteiger partial charge < -0.3 is 10.2 Å². The lowest BCUT2D eigenvalue weighted by atomic mass is 10.0. The van der Waals surface area contributed by atoms with E-state index in [-0.39, 0.29) is 11.4 Å². The summed E-state index contributed by atoms with van der Waals surface area (Å²) in [5.41, 5.74) is 1.05.